The van der Waals surface area contributed by atoms with Crippen molar-refractivity contribution in [2.24, 2.45) is 0 Å². The maximum absolute atomic E-state index is 15.1. The van der Waals surface area contributed by atoms with Crippen LogP contribution in [0, 0.1) is 5.82 Å². The smallest absolute Gasteiger partial charge is 0.131 e. The summed E-state index contributed by atoms with van der Waals surface area (Å²) in [4.78, 5) is 0. The molecule has 1 saturated heterocycles. The number of nitrogens with one attached hydrogen (secondary N) is 1. The minimum Gasteiger partial charge on any atom is -0.497 e. The Morgan fingerprint density at radius 3 is 2.76 bits per heavy atom. The predicted molar refractivity (Wildman–Crippen MR) is 111 cm³/mol. The first-order chi connectivity index (χ1) is 14.1. The molecule has 0 spiro atoms. The number of methoxy groups -OCH3 is 2. The van der Waals surface area contributed by atoms with Gasteiger partial charge >= 0.3 is 0 Å². The average Bonchev–Trinajstić information content (AvgIpc) is 2.77. The van der Waals surface area contributed by atoms with E-state index in [1.807, 2.05) is 18.2 Å². The van der Waals surface area contributed by atoms with Crippen LogP contribution >= 0.6 is 0 Å². The summed E-state index contributed by atoms with van der Waals surface area (Å²) in [5.41, 5.74) is 0.255. The molecule has 5 nitrogen and oxygen atoms in total. The molecule has 0 aliphatic carbocycles. The second-order valence-electron chi connectivity index (χ2n) is 7.33. The number of unbranched alkanes of at least 4 members (excludes halogenated alkanes) is 1. The highest BCUT2D eigenvalue weighted by molar-refractivity contribution is 5.70. The zero-order valence-corrected chi connectivity index (χ0v) is 17.1. The third-order valence-electron chi connectivity index (χ3n) is 5.46. The van der Waals surface area contributed by atoms with Crippen LogP contribution in [0.15, 0.2) is 42.5 Å². The van der Waals surface area contributed by atoms with Gasteiger partial charge in [-0.05, 0) is 48.6 Å². The first-order valence-electron chi connectivity index (χ1n) is 10.1. The van der Waals surface area contributed by atoms with E-state index in [0.717, 1.165) is 19.4 Å². The fraction of sp³-hybridized carbons (Fsp3) is 0.478. The summed E-state index contributed by atoms with van der Waals surface area (Å²) in [7, 11) is 3.24. The van der Waals surface area contributed by atoms with Crippen LogP contribution in [0.3, 0.4) is 0 Å². The van der Waals surface area contributed by atoms with Crippen LogP contribution in [0.2, 0.25) is 0 Å². The quantitative estimate of drug-likeness (QED) is 0.628. The average molecular weight is 403 g/mol. The van der Waals surface area contributed by atoms with E-state index in [4.69, 9.17) is 14.2 Å². The summed E-state index contributed by atoms with van der Waals surface area (Å²) in [5, 5.41) is 15.2. The van der Waals surface area contributed by atoms with Gasteiger partial charge in [-0.1, -0.05) is 24.3 Å². The van der Waals surface area contributed by atoms with E-state index in [9.17, 15) is 5.11 Å². The molecule has 0 saturated carbocycles. The lowest BCUT2D eigenvalue weighted by Gasteiger charge is -2.40. The van der Waals surface area contributed by atoms with Crippen molar-refractivity contribution in [2.75, 3.05) is 40.5 Å². The molecular formula is C23H30FNO4. The van der Waals surface area contributed by atoms with Crippen LogP contribution in [-0.4, -0.2) is 51.7 Å². The second kappa shape index (κ2) is 10.2. The predicted octanol–water partition coefficient (Wildman–Crippen LogP) is 3.49. The van der Waals surface area contributed by atoms with Gasteiger partial charge < -0.3 is 24.6 Å². The zero-order chi connectivity index (χ0) is 20.7. The monoisotopic (exact) mass is 403 g/mol. The number of ether oxygens (including phenoxy) is 3. The van der Waals surface area contributed by atoms with Gasteiger partial charge in [0.15, 0.2) is 0 Å². The standard InChI is InChI=1S/C23H30FNO4/c1-27-13-4-3-11-23(26,21-16-25-12-14-29-21)19-9-6-10-20(24)22(19)17-7-5-8-18(15-17)28-2/h5-10,15,21,25-26H,3-4,11-14,16H2,1-2H3/t21-,23-/m1/s1. The molecule has 0 bridgehead atoms. The van der Waals surface area contributed by atoms with E-state index in [1.165, 1.54) is 6.07 Å². The van der Waals surface area contributed by atoms with Crippen LogP contribution in [-0.2, 0) is 15.1 Å². The van der Waals surface area contributed by atoms with Crippen molar-refractivity contribution in [3.63, 3.8) is 0 Å². The largest absolute Gasteiger partial charge is 0.497 e. The third kappa shape index (κ3) is 4.95. The van der Waals surface area contributed by atoms with Crippen molar-refractivity contribution in [3.8, 4) is 16.9 Å². The van der Waals surface area contributed by atoms with Gasteiger partial charge in [0, 0.05) is 32.4 Å². The summed E-state index contributed by atoms with van der Waals surface area (Å²) in [6.45, 7) is 2.37. The summed E-state index contributed by atoms with van der Waals surface area (Å²) in [5.74, 6) is 0.255. The molecule has 1 fully saturated rings. The van der Waals surface area contributed by atoms with Crippen molar-refractivity contribution in [2.45, 2.75) is 31.0 Å². The lowest BCUT2D eigenvalue weighted by atomic mass is 9.79. The van der Waals surface area contributed by atoms with Crippen LogP contribution in [0.5, 0.6) is 5.75 Å². The molecule has 1 heterocycles. The molecule has 3 rings (SSSR count). The number of hydrogen-bond donors (Lipinski definition) is 2. The Balaban J connectivity index is 2.05. The van der Waals surface area contributed by atoms with Crippen molar-refractivity contribution in [1.29, 1.82) is 0 Å². The Hall–Kier alpha value is -1.99. The summed E-state index contributed by atoms with van der Waals surface area (Å²) in [6.07, 6.45) is 1.52. The molecule has 2 aromatic carbocycles. The van der Waals surface area contributed by atoms with Crippen LogP contribution in [0.4, 0.5) is 4.39 Å². The Kier molecular flexibility index (Phi) is 7.61. The summed E-state index contributed by atoms with van der Waals surface area (Å²) < 4.78 is 31.5. The van der Waals surface area contributed by atoms with Crippen molar-refractivity contribution in [3.05, 3.63) is 53.8 Å². The Bertz CT molecular complexity index is 794. The van der Waals surface area contributed by atoms with Gasteiger partial charge in [-0.3, -0.25) is 0 Å². The highest BCUT2D eigenvalue weighted by Gasteiger charge is 2.42. The maximum atomic E-state index is 15.1. The molecule has 2 aromatic rings. The molecule has 0 radical (unpaired) electrons. The van der Waals surface area contributed by atoms with Crippen molar-refractivity contribution < 1.29 is 23.7 Å². The number of benzene rings is 2. The van der Waals surface area contributed by atoms with Crippen molar-refractivity contribution in [1.82, 2.24) is 5.32 Å². The van der Waals surface area contributed by atoms with Gasteiger partial charge in [0.05, 0.1) is 13.7 Å². The number of hydrogen-bond acceptors (Lipinski definition) is 5. The lowest BCUT2D eigenvalue weighted by Crippen LogP contribution is -2.51. The summed E-state index contributed by atoms with van der Waals surface area (Å²) in [6, 6.07) is 12.1. The minimum absolute atomic E-state index is 0.380. The third-order valence-corrected chi connectivity index (χ3v) is 5.46. The van der Waals surface area contributed by atoms with E-state index in [1.54, 1.807) is 32.4 Å². The van der Waals surface area contributed by atoms with E-state index < -0.39 is 11.7 Å². The molecule has 1 aliphatic heterocycles. The molecule has 0 amide bonds. The molecule has 6 heteroatoms. The molecule has 29 heavy (non-hydrogen) atoms. The SMILES string of the molecule is COCCCC[C@@](O)(c1cccc(F)c1-c1cccc(OC)c1)[C@H]1CNCCO1. The number of rotatable bonds is 9. The van der Waals surface area contributed by atoms with Gasteiger partial charge in [-0.2, -0.15) is 0 Å². The molecule has 1 aliphatic rings. The lowest BCUT2D eigenvalue weighted by molar-refractivity contribution is -0.129. The van der Waals surface area contributed by atoms with Gasteiger partial charge in [0.2, 0.25) is 0 Å². The highest BCUT2D eigenvalue weighted by atomic mass is 19.1. The number of halogens is 1. The topological polar surface area (TPSA) is 60.0 Å². The van der Waals surface area contributed by atoms with Crippen LogP contribution in [0.25, 0.3) is 11.1 Å². The van der Waals surface area contributed by atoms with E-state index >= 15 is 4.39 Å². The van der Waals surface area contributed by atoms with E-state index in [-0.39, 0.29) is 5.82 Å². The molecule has 158 valence electrons. The molecule has 2 N–H and O–H groups in total. The van der Waals surface area contributed by atoms with Crippen molar-refractivity contribution >= 4 is 0 Å². The highest BCUT2D eigenvalue weighted by Crippen LogP contribution is 2.41. The Morgan fingerprint density at radius 2 is 2.03 bits per heavy atom. The van der Waals surface area contributed by atoms with Gasteiger partial charge in [-0.15, -0.1) is 0 Å². The molecule has 0 unspecified atom stereocenters. The second-order valence-corrected chi connectivity index (χ2v) is 7.33. The van der Waals surface area contributed by atoms with Gasteiger partial charge in [0.25, 0.3) is 0 Å². The molecule has 0 aromatic heterocycles. The Morgan fingerprint density at radius 1 is 1.21 bits per heavy atom. The number of aliphatic hydroxyl groups is 1. The Labute approximate surface area is 171 Å². The fourth-order valence-electron chi connectivity index (χ4n) is 3.94. The first-order valence-corrected chi connectivity index (χ1v) is 10.1. The zero-order valence-electron chi connectivity index (χ0n) is 17.1. The molecular weight excluding hydrogens is 373 g/mol. The number of morpholine rings is 1. The van der Waals surface area contributed by atoms with E-state index in [0.29, 0.717) is 48.6 Å². The minimum atomic E-state index is -1.33. The van der Waals surface area contributed by atoms with Gasteiger partial charge in [0.1, 0.15) is 23.3 Å². The normalized spacial score (nSPS) is 19.0. The van der Waals surface area contributed by atoms with E-state index in [2.05, 4.69) is 5.32 Å². The molecule has 2 atom stereocenters. The first kappa shape index (κ1) is 21.7. The van der Waals surface area contributed by atoms with Crippen LogP contribution in [0.1, 0.15) is 24.8 Å². The maximum Gasteiger partial charge on any atom is 0.131 e. The fourth-order valence-corrected chi connectivity index (χ4v) is 3.94. The summed E-state index contributed by atoms with van der Waals surface area (Å²) >= 11 is 0. The van der Waals surface area contributed by atoms with Crippen LogP contribution < -0.4 is 10.1 Å². The van der Waals surface area contributed by atoms with Gasteiger partial charge in [-0.25, -0.2) is 4.39 Å².